The number of nitrogens with zero attached hydrogens (tertiary/aromatic N) is 2. The third-order valence-corrected chi connectivity index (χ3v) is 3.76. The molecule has 0 radical (unpaired) electrons. The van der Waals surface area contributed by atoms with E-state index in [-0.39, 0.29) is 18.3 Å². The SMILES string of the molecule is Fc1cc2c(cc1I)nc(CCl)n2CCOCC(F)F. The maximum Gasteiger partial charge on any atom is 0.261 e. The summed E-state index contributed by atoms with van der Waals surface area (Å²) < 4.78 is 44.6. The summed E-state index contributed by atoms with van der Waals surface area (Å²) in [5, 5.41) is 0. The predicted octanol–water partition coefficient (Wildman–Crippen LogP) is 3.80. The molecule has 8 heteroatoms. The Balaban J connectivity index is 2.23. The van der Waals surface area contributed by atoms with Gasteiger partial charge in [-0.25, -0.2) is 18.2 Å². The lowest BCUT2D eigenvalue weighted by Gasteiger charge is -2.08. The monoisotopic (exact) mass is 418 g/mol. The van der Waals surface area contributed by atoms with Crippen LogP contribution in [0, 0.1) is 9.39 Å². The normalized spacial score (nSPS) is 11.7. The van der Waals surface area contributed by atoms with E-state index in [2.05, 4.69) is 4.98 Å². The highest BCUT2D eigenvalue weighted by molar-refractivity contribution is 14.1. The molecule has 0 fully saturated rings. The predicted molar refractivity (Wildman–Crippen MR) is 78.8 cm³/mol. The lowest BCUT2D eigenvalue weighted by molar-refractivity contribution is 0.0149. The quantitative estimate of drug-likeness (QED) is 0.405. The molecule has 0 aliphatic carbocycles. The summed E-state index contributed by atoms with van der Waals surface area (Å²) in [6.07, 6.45) is -2.50. The molecule has 0 saturated carbocycles. The third-order valence-electron chi connectivity index (χ3n) is 2.69. The number of hydrogen-bond acceptors (Lipinski definition) is 2. The second-order valence-corrected chi connectivity index (χ2v) is 5.46. The average molecular weight is 419 g/mol. The summed E-state index contributed by atoms with van der Waals surface area (Å²) in [5.74, 6) is 0.361. The molecule has 0 aliphatic heterocycles. The summed E-state index contributed by atoms with van der Waals surface area (Å²) in [7, 11) is 0. The number of ether oxygens (including phenoxy) is 1. The zero-order valence-corrected chi connectivity index (χ0v) is 13.2. The van der Waals surface area contributed by atoms with Gasteiger partial charge in [0.1, 0.15) is 18.2 Å². The standard InChI is InChI=1S/C12H11ClF3IN2O/c13-5-12-18-9-4-8(17)7(14)3-10(9)19(12)1-2-20-6-11(15)16/h3-4,11H,1-2,5-6H2. The largest absolute Gasteiger partial charge is 0.374 e. The van der Waals surface area contributed by atoms with Crippen molar-refractivity contribution in [3.8, 4) is 0 Å². The molecule has 0 unspecified atom stereocenters. The summed E-state index contributed by atoms with van der Waals surface area (Å²) in [6.45, 7) is -0.228. The minimum Gasteiger partial charge on any atom is -0.374 e. The van der Waals surface area contributed by atoms with Crippen molar-refractivity contribution < 1.29 is 17.9 Å². The number of aromatic nitrogens is 2. The van der Waals surface area contributed by atoms with Crippen LogP contribution in [0.2, 0.25) is 0 Å². The van der Waals surface area contributed by atoms with Gasteiger partial charge in [0.25, 0.3) is 6.43 Å². The maximum absolute atomic E-state index is 13.6. The fourth-order valence-corrected chi connectivity index (χ4v) is 2.50. The topological polar surface area (TPSA) is 27.1 Å². The van der Waals surface area contributed by atoms with Gasteiger partial charge in [-0.2, -0.15) is 0 Å². The van der Waals surface area contributed by atoms with Crippen LogP contribution in [0.1, 0.15) is 5.82 Å². The summed E-state index contributed by atoms with van der Waals surface area (Å²) in [6, 6.07) is 2.99. The highest BCUT2D eigenvalue weighted by Crippen LogP contribution is 2.22. The molecule has 0 amide bonds. The first-order chi connectivity index (χ1) is 9.52. The number of rotatable bonds is 6. The molecule has 20 heavy (non-hydrogen) atoms. The molecule has 0 N–H and O–H groups in total. The van der Waals surface area contributed by atoms with Crippen molar-refractivity contribution in [3.63, 3.8) is 0 Å². The van der Waals surface area contributed by atoms with Gasteiger partial charge in [-0.1, -0.05) is 0 Å². The highest BCUT2D eigenvalue weighted by Gasteiger charge is 2.13. The second kappa shape index (κ2) is 6.95. The second-order valence-electron chi connectivity index (χ2n) is 4.03. The molecule has 0 spiro atoms. The fourth-order valence-electron chi connectivity index (χ4n) is 1.85. The molecule has 0 aliphatic rings. The molecular formula is C12H11ClF3IN2O. The lowest BCUT2D eigenvalue weighted by Crippen LogP contribution is -2.12. The van der Waals surface area contributed by atoms with Crippen molar-refractivity contribution in [1.82, 2.24) is 9.55 Å². The van der Waals surface area contributed by atoms with Crippen LogP contribution >= 0.6 is 34.2 Å². The Morgan fingerprint density at radius 1 is 1.40 bits per heavy atom. The molecule has 1 heterocycles. The van der Waals surface area contributed by atoms with Gasteiger partial charge in [0.05, 0.1) is 27.1 Å². The third kappa shape index (κ3) is 3.56. The summed E-state index contributed by atoms with van der Waals surface area (Å²) in [5.41, 5.74) is 1.21. The Bertz CT molecular complexity index is 606. The molecule has 1 aromatic carbocycles. The smallest absolute Gasteiger partial charge is 0.261 e. The van der Waals surface area contributed by atoms with Gasteiger partial charge < -0.3 is 9.30 Å². The van der Waals surface area contributed by atoms with Crippen LogP contribution in [0.5, 0.6) is 0 Å². The van der Waals surface area contributed by atoms with Gasteiger partial charge in [0.2, 0.25) is 0 Å². The first kappa shape index (κ1) is 15.8. The van der Waals surface area contributed by atoms with Crippen LogP contribution in [0.15, 0.2) is 12.1 Å². The van der Waals surface area contributed by atoms with E-state index < -0.39 is 13.0 Å². The van der Waals surface area contributed by atoms with E-state index in [0.29, 0.717) is 27.0 Å². The Labute approximate surface area is 132 Å². The van der Waals surface area contributed by atoms with Crippen molar-refractivity contribution in [3.05, 3.63) is 27.3 Å². The first-order valence-corrected chi connectivity index (χ1v) is 7.40. The van der Waals surface area contributed by atoms with E-state index in [1.54, 1.807) is 10.6 Å². The van der Waals surface area contributed by atoms with Crippen LogP contribution in [0.4, 0.5) is 13.2 Å². The Morgan fingerprint density at radius 2 is 2.15 bits per heavy atom. The van der Waals surface area contributed by atoms with Gasteiger partial charge in [-0.3, -0.25) is 0 Å². The minimum atomic E-state index is -2.50. The lowest BCUT2D eigenvalue weighted by atomic mass is 10.3. The van der Waals surface area contributed by atoms with Gasteiger partial charge in [0.15, 0.2) is 0 Å². The van der Waals surface area contributed by atoms with E-state index in [4.69, 9.17) is 16.3 Å². The number of fused-ring (bicyclic) bond motifs is 1. The molecule has 0 atom stereocenters. The summed E-state index contributed by atoms with van der Waals surface area (Å²) >= 11 is 7.69. The number of alkyl halides is 3. The van der Waals surface area contributed by atoms with E-state index in [9.17, 15) is 13.2 Å². The molecule has 2 rings (SSSR count). The number of benzene rings is 1. The van der Waals surface area contributed by atoms with E-state index in [1.807, 2.05) is 22.6 Å². The number of halogens is 5. The van der Waals surface area contributed by atoms with Crippen molar-refractivity contribution in [2.45, 2.75) is 18.9 Å². The van der Waals surface area contributed by atoms with Gasteiger partial charge in [-0.15, -0.1) is 11.6 Å². The molecule has 2 aromatic rings. The Kier molecular flexibility index (Phi) is 5.50. The minimum absolute atomic E-state index is 0.0906. The van der Waals surface area contributed by atoms with Gasteiger partial charge in [0, 0.05) is 12.6 Å². The summed E-state index contributed by atoms with van der Waals surface area (Å²) in [4.78, 5) is 4.30. The molecule has 0 saturated heterocycles. The molecular weight excluding hydrogens is 407 g/mol. The van der Waals surface area contributed by atoms with Crippen molar-refractivity contribution in [2.24, 2.45) is 0 Å². The number of hydrogen-bond donors (Lipinski definition) is 0. The molecule has 0 bridgehead atoms. The Morgan fingerprint density at radius 3 is 2.80 bits per heavy atom. The van der Waals surface area contributed by atoms with Gasteiger partial charge >= 0.3 is 0 Å². The van der Waals surface area contributed by atoms with Crippen LogP contribution in [-0.2, 0) is 17.2 Å². The van der Waals surface area contributed by atoms with E-state index in [1.165, 1.54) is 6.07 Å². The van der Waals surface area contributed by atoms with Gasteiger partial charge in [-0.05, 0) is 28.7 Å². The zero-order chi connectivity index (χ0) is 14.7. The van der Waals surface area contributed by atoms with Crippen LogP contribution in [-0.4, -0.2) is 29.2 Å². The van der Waals surface area contributed by atoms with Crippen LogP contribution < -0.4 is 0 Å². The first-order valence-electron chi connectivity index (χ1n) is 5.79. The Hall–Kier alpha value is -0.540. The zero-order valence-electron chi connectivity index (χ0n) is 10.3. The number of imidazole rings is 1. The molecule has 1 aromatic heterocycles. The molecule has 110 valence electrons. The van der Waals surface area contributed by atoms with E-state index in [0.717, 1.165) is 0 Å². The van der Waals surface area contributed by atoms with Crippen LogP contribution in [0.25, 0.3) is 11.0 Å². The van der Waals surface area contributed by atoms with Crippen LogP contribution in [0.3, 0.4) is 0 Å². The van der Waals surface area contributed by atoms with Crippen molar-refractivity contribution in [1.29, 1.82) is 0 Å². The fraction of sp³-hybridized carbons (Fsp3) is 0.417. The van der Waals surface area contributed by atoms with Crippen molar-refractivity contribution in [2.75, 3.05) is 13.2 Å². The van der Waals surface area contributed by atoms with E-state index >= 15 is 0 Å². The van der Waals surface area contributed by atoms with Crippen molar-refractivity contribution >= 4 is 45.2 Å². The maximum atomic E-state index is 13.6. The molecule has 3 nitrogen and oxygen atoms in total. The average Bonchev–Trinajstić information content (AvgIpc) is 2.72. The highest BCUT2D eigenvalue weighted by atomic mass is 127.